The van der Waals surface area contributed by atoms with Gasteiger partial charge in [0.2, 0.25) is 0 Å². The van der Waals surface area contributed by atoms with Crippen molar-refractivity contribution in [3.63, 3.8) is 0 Å². The Bertz CT molecular complexity index is 1640. The number of ether oxygens (including phenoxy) is 3. The van der Waals surface area contributed by atoms with Crippen LogP contribution in [0.4, 0.5) is 10.5 Å². The van der Waals surface area contributed by atoms with E-state index in [0.717, 1.165) is 46.7 Å². The number of anilines is 1. The van der Waals surface area contributed by atoms with Crippen molar-refractivity contribution in [1.29, 1.82) is 0 Å². The minimum absolute atomic E-state index is 0.0438. The van der Waals surface area contributed by atoms with E-state index in [9.17, 15) is 9.59 Å². The van der Waals surface area contributed by atoms with Crippen molar-refractivity contribution in [3.8, 4) is 5.75 Å². The molecule has 0 radical (unpaired) electrons. The summed E-state index contributed by atoms with van der Waals surface area (Å²) >= 11 is 1.54. The van der Waals surface area contributed by atoms with Crippen LogP contribution >= 0.6 is 11.8 Å². The zero-order valence-electron chi connectivity index (χ0n) is 23.4. The molecule has 0 aliphatic carbocycles. The second kappa shape index (κ2) is 11.2. The predicted molar refractivity (Wildman–Crippen MR) is 156 cm³/mol. The fraction of sp³-hybridized carbons (Fsp3) is 0.400. The molecule has 1 unspecified atom stereocenters. The Balaban J connectivity index is 1.19. The van der Waals surface area contributed by atoms with Gasteiger partial charge in [0, 0.05) is 28.0 Å². The van der Waals surface area contributed by atoms with Gasteiger partial charge in [0.1, 0.15) is 24.2 Å². The summed E-state index contributed by atoms with van der Waals surface area (Å²) in [6.45, 7) is 7.41. The number of carbonyl (C=O) groups is 1. The second-order valence-electron chi connectivity index (χ2n) is 11.2. The van der Waals surface area contributed by atoms with E-state index in [4.69, 9.17) is 14.2 Å². The normalized spacial score (nSPS) is 17.2. The van der Waals surface area contributed by atoms with Crippen LogP contribution < -0.4 is 15.2 Å². The third kappa shape index (κ3) is 6.11. The van der Waals surface area contributed by atoms with Crippen molar-refractivity contribution in [1.82, 2.24) is 19.6 Å². The van der Waals surface area contributed by atoms with E-state index < -0.39 is 11.7 Å². The van der Waals surface area contributed by atoms with E-state index in [2.05, 4.69) is 10.2 Å². The van der Waals surface area contributed by atoms with Crippen molar-refractivity contribution in [3.05, 3.63) is 70.9 Å². The number of carbonyl (C=O) groups excluding carboxylic acids is 1. The molecule has 6 rings (SSSR count). The van der Waals surface area contributed by atoms with Crippen LogP contribution in [0.15, 0.2) is 69.4 Å². The number of benzene rings is 2. The average Bonchev–Trinajstić information content (AvgIpc) is 3.42. The van der Waals surface area contributed by atoms with E-state index in [0.29, 0.717) is 30.0 Å². The number of hydrogen-bond donors (Lipinski definition) is 0. The Kier molecular flexibility index (Phi) is 7.48. The predicted octanol–water partition coefficient (Wildman–Crippen LogP) is 5.63. The monoisotopic (exact) mass is 575 g/mol. The molecule has 41 heavy (non-hydrogen) atoms. The Hall–Kier alpha value is -3.83. The van der Waals surface area contributed by atoms with E-state index in [1.165, 1.54) is 16.4 Å². The lowest BCUT2D eigenvalue weighted by Crippen LogP contribution is -2.41. The van der Waals surface area contributed by atoms with Gasteiger partial charge in [-0.1, -0.05) is 11.8 Å². The highest BCUT2D eigenvalue weighted by atomic mass is 32.2. The molecule has 11 heteroatoms. The number of amides is 1. The summed E-state index contributed by atoms with van der Waals surface area (Å²) in [5.74, 6) is 0.644. The molecule has 2 aliphatic rings. The highest BCUT2D eigenvalue weighted by molar-refractivity contribution is 7.99. The van der Waals surface area contributed by atoms with Gasteiger partial charge in [0.25, 0.3) is 5.56 Å². The molecule has 4 aromatic rings. The van der Waals surface area contributed by atoms with Gasteiger partial charge in [-0.25, -0.2) is 14.2 Å². The molecule has 0 saturated carbocycles. The fourth-order valence-corrected chi connectivity index (χ4v) is 5.85. The van der Waals surface area contributed by atoms with Gasteiger partial charge in [-0.05, 0) is 82.5 Å². The summed E-state index contributed by atoms with van der Waals surface area (Å²) in [4.78, 5) is 29.6. The Labute approximate surface area is 242 Å². The minimum Gasteiger partial charge on any atom is -0.490 e. The first-order valence-electron chi connectivity index (χ1n) is 13.8. The first kappa shape index (κ1) is 27.3. The molecule has 214 valence electrons. The third-order valence-electron chi connectivity index (χ3n) is 6.89. The van der Waals surface area contributed by atoms with Crippen LogP contribution in [-0.4, -0.2) is 51.0 Å². The molecule has 0 N–H and O–H groups in total. The van der Waals surface area contributed by atoms with Gasteiger partial charge < -0.3 is 14.2 Å². The quantitative estimate of drug-likeness (QED) is 0.302. The van der Waals surface area contributed by atoms with Gasteiger partial charge in [-0.3, -0.25) is 9.69 Å². The maximum Gasteiger partial charge on any atom is 0.415 e. The number of hydrogen-bond acceptors (Lipinski definition) is 8. The average molecular weight is 576 g/mol. The van der Waals surface area contributed by atoms with E-state index >= 15 is 0 Å². The van der Waals surface area contributed by atoms with Crippen LogP contribution in [0.5, 0.6) is 5.75 Å². The minimum atomic E-state index is -0.592. The molecule has 1 saturated heterocycles. The van der Waals surface area contributed by atoms with Gasteiger partial charge in [-0.15, -0.1) is 0 Å². The Morgan fingerprint density at radius 2 is 1.93 bits per heavy atom. The molecular formula is C30H33N5O5S. The Morgan fingerprint density at radius 3 is 2.73 bits per heavy atom. The smallest absolute Gasteiger partial charge is 0.415 e. The molecule has 1 atom stereocenters. The molecule has 2 aliphatic heterocycles. The maximum atomic E-state index is 13.2. The summed E-state index contributed by atoms with van der Waals surface area (Å²) in [6, 6.07) is 13.4. The standard InChI is InChI=1S/C30H33N5O5S/c1-30(2,3)40-29(37)33-13-15-38-26-10-8-23(17-25(26)33)41-22-7-9-24-20(16-22)18-31-35(28(24)36)19-21-11-12-34(32-21)27-6-4-5-14-39-27/h7-12,16-18,27H,4-6,13-15,19H2,1-3H3. The van der Waals surface area contributed by atoms with E-state index in [1.54, 1.807) is 11.1 Å². The summed E-state index contributed by atoms with van der Waals surface area (Å²) < 4.78 is 20.5. The van der Waals surface area contributed by atoms with Crippen molar-refractivity contribution in [2.75, 3.05) is 24.7 Å². The molecule has 4 heterocycles. The molecule has 2 aromatic heterocycles. The molecule has 1 amide bonds. The fourth-order valence-electron chi connectivity index (χ4n) is 4.95. The second-order valence-corrected chi connectivity index (χ2v) is 12.3. The molecule has 2 aromatic carbocycles. The lowest BCUT2D eigenvalue weighted by atomic mass is 10.2. The summed E-state index contributed by atoms with van der Waals surface area (Å²) in [6.07, 6.45) is 6.32. The lowest BCUT2D eigenvalue weighted by Gasteiger charge is -2.31. The van der Waals surface area contributed by atoms with Crippen LogP contribution in [0.3, 0.4) is 0 Å². The summed E-state index contributed by atoms with van der Waals surface area (Å²) in [5.41, 5.74) is 0.683. The van der Waals surface area contributed by atoms with Crippen LogP contribution in [0, 0.1) is 0 Å². The largest absolute Gasteiger partial charge is 0.490 e. The molecule has 1 fully saturated rings. The number of aromatic nitrogens is 4. The lowest BCUT2D eigenvalue weighted by molar-refractivity contribution is -0.0397. The van der Waals surface area contributed by atoms with Crippen molar-refractivity contribution in [2.24, 2.45) is 0 Å². The van der Waals surface area contributed by atoms with Crippen molar-refractivity contribution >= 4 is 34.3 Å². The van der Waals surface area contributed by atoms with Gasteiger partial charge in [0.05, 0.1) is 36.1 Å². The highest BCUT2D eigenvalue weighted by Crippen LogP contribution is 2.38. The zero-order valence-corrected chi connectivity index (χ0v) is 24.2. The topological polar surface area (TPSA) is 101 Å². The Morgan fingerprint density at radius 1 is 1.10 bits per heavy atom. The van der Waals surface area contributed by atoms with Crippen molar-refractivity contribution in [2.45, 2.75) is 68.2 Å². The van der Waals surface area contributed by atoms with Crippen LogP contribution in [0.1, 0.15) is 52.0 Å². The van der Waals surface area contributed by atoms with E-state index in [1.807, 2.05) is 74.1 Å². The first-order chi connectivity index (χ1) is 19.7. The number of rotatable bonds is 5. The van der Waals surface area contributed by atoms with Gasteiger partial charge in [0.15, 0.2) is 0 Å². The highest BCUT2D eigenvalue weighted by Gasteiger charge is 2.28. The molecule has 0 bridgehead atoms. The SMILES string of the molecule is CC(C)(C)OC(=O)N1CCOc2ccc(Sc3ccc4c(=O)n(Cc5ccn(C6CCCCO6)n5)ncc4c3)cc21. The van der Waals surface area contributed by atoms with E-state index in [-0.39, 0.29) is 18.3 Å². The first-order valence-corrected chi connectivity index (χ1v) is 14.7. The van der Waals surface area contributed by atoms with Gasteiger partial charge >= 0.3 is 6.09 Å². The summed E-state index contributed by atoms with van der Waals surface area (Å²) in [5, 5.41) is 10.4. The van der Waals surface area contributed by atoms with Crippen molar-refractivity contribution < 1.29 is 19.0 Å². The van der Waals surface area contributed by atoms with Crippen LogP contribution in [-0.2, 0) is 16.0 Å². The molecular weight excluding hydrogens is 542 g/mol. The number of fused-ring (bicyclic) bond motifs is 2. The van der Waals surface area contributed by atoms with Crippen LogP contribution in [0.2, 0.25) is 0 Å². The van der Waals surface area contributed by atoms with Gasteiger partial charge in [-0.2, -0.15) is 10.2 Å². The summed E-state index contributed by atoms with van der Waals surface area (Å²) in [7, 11) is 0. The van der Waals surface area contributed by atoms with Crippen LogP contribution in [0.25, 0.3) is 10.8 Å². The molecule has 0 spiro atoms. The number of nitrogens with zero attached hydrogens (tertiary/aromatic N) is 5. The zero-order chi connectivity index (χ0) is 28.6. The molecule has 10 nitrogen and oxygen atoms in total. The maximum absolute atomic E-state index is 13.2. The third-order valence-corrected chi connectivity index (χ3v) is 7.87.